The maximum Gasteiger partial charge on any atom is 0.251 e. The Labute approximate surface area is 282 Å². The van der Waals surface area contributed by atoms with Crippen LogP contribution >= 0.6 is 23.2 Å². The van der Waals surface area contributed by atoms with Crippen molar-refractivity contribution in [3.63, 3.8) is 0 Å². The van der Waals surface area contributed by atoms with Crippen LogP contribution in [0.15, 0.2) is 65.7 Å². The Kier molecular flexibility index (Phi) is 10.6. The van der Waals surface area contributed by atoms with E-state index in [4.69, 9.17) is 39.1 Å². The van der Waals surface area contributed by atoms with Crippen LogP contribution in [0.3, 0.4) is 0 Å². The predicted octanol–water partition coefficient (Wildman–Crippen LogP) is 4.20. The van der Waals surface area contributed by atoms with Gasteiger partial charge in [-0.05, 0) is 62.6 Å². The largest absolute Gasteiger partial charge is 0.486 e. The minimum atomic E-state index is -4.19. The highest BCUT2D eigenvalue weighted by Crippen LogP contribution is 2.36. The van der Waals surface area contributed by atoms with Crippen LogP contribution in [0.2, 0.25) is 10.0 Å². The molecule has 0 aliphatic carbocycles. The number of para-hydroxylation sites is 1. The van der Waals surface area contributed by atoms with Crippen LogP contribution in [0, 0.1) is 12.3 Å². The van der Waals surface area contributed by atoms with E-state index in [1.807, 2.05) is 6.92 Å². The molecule has 47 heavy (non-hydrogen) atoms. The highest BCUT2D eigenvalue weighted by Gasteiger charge is 2.40. The number of carbonyl (C=O) groups is 2. The second kappa shape index (κ2) is 14.6. The number of fused-ring (bicyclic) bond motifs is 1. The fourth-order valence-electron chi connectivity index (χ4n) is 5.21. The van der Waals surface area contributed by atoms with E-state index in [9.17, 15) is 18.0 Å². The van der Waals surface area contributed by atoms with Gasteiger partial charge in [-0.1, -0.05) is 41.4 Å². The lowest BCUT2D eigenvalue weighted by molar-refractivity contribution is -0.124. The first-order valence-electron chi connectivity index (χ1n) is 14.8. The molecule has 1 aliphatic heterocycles. The second-order valence-corrected chi connectivity index (χ2v) is 13.6. The summed E-state index contributed by atoms with van der Waals surface area (Å²) in [6.45, 7) is 2.36. The highest BCUT2D eigenvalue weighted by molar-refractivity contribution is 7.89. The molecule has 5 N–H and O–H groups in total. The zero-order valence-electron chi connectivity index (χ0n) is 25.4. The number of ether oxygens (including phenoxy) is 1. The Bertz CT molecular complexity index is 1940. The van der Waals surface area contributed by atoms with Crippen molar-refractivity contribution in [1.29, 1.82) is 5.41 Å². The minimum absolute atomic E-state index is 0.0854. The first kappa shape index (κ1) is 34.0. The number of carbonyl (C=O) groups excluding carboxylic acids is 2. The Morgan fingerprint density at radius 2 is 1.79 bits per heavy atom. The van der Waals surface area contributed by atoms with E-state index in [2.05, 4.69) is 20.6 Å². The summed E-state index contributed by atoms with van der Waals surface area (Å²) in [4.78, 5) is 34.2. The van der Waals surface area contributed by atoms with Gasteiger partial charge < -0.3 is 21.1 Å². The van der Waals surface area contributed by atoms with Gasteiger partial charge in [-0.2, -0.15) is 4.31 Å². The number of aryl methyl sites for hydroxylation is 1. The van der Waals surface area contributed by atoms with Crippen LogP contribution in [-0.4, -0.2) is 66.0 Å². The zero-order chi connectivity index (χ0) is 33.7. The van der Waals surface area contributed by atoms with Gasteiger partial charge in [0.25, 0.3) is 5.91 Å². The summed E-state index contributed by atoms with van der Waals surface area (Å²) in [5.41, 5.74) is 8.56. The third kappa shape index (κ3) is 7.65. The summed E-state index contributed by atoms with van der Waals surface area (Å²) < 4.78 is 34.9. The quantitative estimate of drug-likeness (QED) is 0.0966. The predicted molar refractivity (Wildman–Crippen MR) is 179 cm³/mol. The average Bonchev–Trinajstić information content (AvgIpc) is 3.56. The lowest BCUT2D eigenvalue weighted by Crippen LogP contribution is -2.46. The maximum absolute atomic E-state index is 13.9. The van der Waals surface area contributed by atoms with E-state index in [1.165, 1.54) is 12.1 Å². The summed E-state index contributed by atoms with van der Waals surface area (Å²) in [6, 6.07) is 13.5. The van der Waals surface area contributed by atoms with Crippen LogP contribution in [0.25, 0.3) is 11.0 Å². The first-order valence-corrected chi connectivity index (χ1v) is 17.0. The molecule has 3 aromatic carbocycles. The summed E-state index contributed by atoms with van der Waals surface area (Å²) in [5.74, 6) is -0.377. The summed E-state index contributed by atoms with van der Waals surface area (Å²) >= 11 is 13.1. The monoisotopic (exact) mass is 697 g/mol. The molecule has 1 saturated heterocycles. The van der Waals surface area contributed by atoms with Crippen LogP contribution in [0.1, 0.15) is 46.4 Å². The van der Waals surface area contributed by atoms with Gasteiger partial charge in [0.1, 0.15) is 34.6 Å². The van der Waals surface area contributed by atoms with Crippen molar-refractivity contribution in [3.05, 3.63) is 93.2 Å². The number of nitrogens with zero attached hydrogens (tertiary/aromatic N) is 3. The van der Waals surface area contributed by atoms with Gasteiger partial charge in [0.15, 0.2) is 0 Å². The molecule has 0 radical (unpaired) electrons. The van der Waals surface area contributed by atoms with Gasteiger partial charge in [-0.25, -0.2) is 13.4 Å². The molecule has 15 heteroatoms. The number of benzene rings is 3. The number of hydrogen-bond acceptors (Lipinski definition) is 8. The van der Waals surface area contributed by atoms with E-state index in [0.717, 1.165) is 4.31 Å². The van der Waals surface area contributed by atoms with Crippen molar-refractivity contribution in [2.75, 3.05) is 19.6 Å². The van der Waals surface area contributed by atoms with Gasteiger partial charge in [-0.3, -0.25) is 20.0 Å². The number of nitrogen functional groups attached to an aromatic ring is 1. The summed E-state index contributed by atoms with van der Waals surface area (Å²) in [5, 5.41) is 13.1. The third-order valence-corrected chi connectivity index (χ3v) is 10.5. The molecule has 0 spiro atoms. The van der Waals surface area contributed by atoms with Crippen molar-refractivity contribution in [3.8, 4) is 5.75 Å². The zero-order valence-corrected chi connectivity index (χ0v) is 27.8. The topological polar surface area (TPSA) is 180 Å². The van der Waals surface area contributed by atoms with Crippen molar-refractivity contribution in [2.45, 2.75) is 43.7 Å². The molecule has 1 atom stereocenters. The molecule has 1 aromatic heterocycles. The molecule has 1 fully saturated rings. The number of nitrogens with two attached hydrogens (primary N) is 1. The molecule has 0 saturated carbocycles. The first-order chi connectivity index (χ1) is 22.5. The van der Waals surface area contributed by atoms with E-state index >= 15 is 0 Å². The van der Waals surface area contributed by atoms with Gasteiger partial charge in [-0.15, -0.1) is 0 Å². The molecular weight excluding hydrogens is 665 g/mol. The van der Waals surface area contributed by atoms with E-state index < -0.39 is 22.0 Å². The fourth-order valence-corrected chi connectivity index (χ4v) is 7.73. The lowest BCUT2D eigenvalue weighted by Gasteiger charge is -2.24. The molecule has 1 aliphatic rings. The average molecular weight is 699 g/mol. The number of amidine groups is 1. The number of aromatic nitrogens is 2. The molecule has 0 bridgehead atoms. The summed E-state index contributed by atoms with van der Waals surface area (Å²) in [7, 11) is -4.19. The Balaban J connectivity index is 1.20. The summed E-state index contributed by atoms with van der Waals surface area (Å²) in [6.07, 6.45) is 2.93. The molecule has 12 nitrogen and oxygen atoms in total. The third-order valence-electron chi connectivity index (χ3n) is 7.67. The number of rotatable bonds is 12. The Morgan fingerprint density at radius 1 is 1.06 bits per heavy atom. The normalized spacial score (nSPS) is 15.0. The highest BCUT2D eigenvalue weighted by atomic mass is 35.5. The van der Waals surface area contributed by atoms with Crippen LogP contribution in [0.5, 0.6) is 5.75 Å². The van der Waals surface area contributed by atoms with Gasteiger partial charge >= 0.3 is 0 Å². The van der Waals surface area contributed by atoms with E-state index in [0.29, 0.717) is 52.9 Å². The molecule has 2 amide bonds. The molecular formula is C32H33Cl2N7O5S. The maximum atomic E-state index is 13.9. The molecule has 246 valence electrons. The van der Waals surface area contributed by atoms with Crippen molar-refractivity contribution in [2.24, 2.45) is 5.73 Å². The van der Waals surface area contributed by atoms with E-state index in [1.54, 1.807) is 48.7 Å². The van der Waals surface area contributed by atoms with Gasteiger partial charge in [0.2, 0.25) is 15.9 Å². The van der Waals surface area contributed by atoms with Crippen molar-refractivity contribution in [1.82, 2.24) is 24.9 Å². The number of halogens is 2. The molecule has 5 rings (SSSR count). The van der Waals surface area contributed by atoms with E-state index in [-0.39, 0.29) is 58.5 Å². The minimum Gasteiger partial charge on any atom is -0.486 e. The smallest absolute Gasteiger partial charge is 0.251 e. The van der Waals surface area contributed by atoms with Gasteiger partial charge in [0.05, 0.1) is 16.2 Å². The molecule has 0 unspecified atom stereocenters. The number of nitrogens with one attached hydrogen (secondary N) is 3. The molecule has 2 heterocycles. The Hall–Kier alpha value is -4.30. The van der Waals surface area contributed by atoms with Crippen molar-refractivity contribution < 1.29 is 22.7 Å². The van der Waals surface area contributed by atoms with Gasteiger partial charge in [0, 0.05) is 47.5 Å². The van der Waals surface area contributed by atoms with Crippen LogP contribution in [0.4, 0.5) is 0 Å². The molecule has 4 aromatic rings. The SMILES string of the molecule is Cc1cnc2cccc(OCc3c(Cl)ccc(S(=O)(=O)N4CCC[C@H]4C(=O)NCCCNC(=O)c4ccc(C(=N)N)cc4)c3Cl)c2n1. The lowest BCUT2D eigenvalue weighted by atomic mass is 10.1. The van der Waals surface area contributed by atoms with Crippen LogP contribution in [-0.2, 0) is 21.4 Å². The number of hydrogen-bond donors (Lipinski definition) is 4. The van der Waals surface area contributed by atoms with Crippen molar-refractivity contribution >= 4 is 61.9 Å². The van der Waals surface area contributed by atoms with Crippen LogP contribution < -0.4 is 21.1 Å². The second-order valence-electron chi connectivity index (χ2n) is 10.9. The fraction of sp³-hybridized carbons (Fsp3) is 0.281. The standard InChI is InChI=1S/C32H33Cl2N7O5S/c1-19-17-39-24-5-2-7-26(29(24)40-19)46-18-22-23(33)12-13-27(28(22)34)47(44,45)41-16-3-6-25(41)32(43)38-15-4-14-37-31(42)21-10-8-20(9-11-21)30(35)36/h2,5,7-13,17,25H,3-4,6,14-16,18H2,1H3,(H3,35,36)(H,37,42)(H,38,43)/t25-/m0/s1. The Morgan fingerprint density at radius 3 is 2.53 bits per heavy atom. The number of amides is 2. The number of sulfonamides is 1.